The molecule has 0 spiro atoms. The van der Waals surface area contributed by atoms with Gasteiger partial charge in [0, 0.05) is 36.8 Å². The van der Waals surface area contributed by atoms with Crippen molar-refractivity contribution >= 4 is 11.8 Å². The SMILES string of the molecule is Cc1ccnc(SC2CCOCC2)c1CN. The Balaban J connectivity index is 2.10. The average molecular weight is 238 g/mol. The van der Waals surface area contributed by atoms with E-state index in [-0.39, 0.29) is 0 Å². The minimum Gasteiger partial charge on any atom is -0.381 e. The summed E-state index contributed by atoms with van der Waals surface area (Å²) in [7, 11) is 0. The van der Waals surface area contributed by atoms with E-state index in [1.54, 1.807) is 0 Å². The summed E-state index contributed by atoms with van der Waals surface area (Å²) < 4.78 is 5.36. The number of hydrogen-bond donors (Lipinski definition) is 1. The topological polar surface area (TPSA) is 48.1 Å². The second-order valence-electron chi connectivity index (χ2n) is 4.05. The summed E-state index contributed by atoms with van der Waals surface area (Å²) in [6.07, 6.45) is 4.10. The average Bonchev–Trinajstić information content (AvgIpc) is 2.31. The predicted molar refractivity (Wildman–Crippen MR) is 66.6 cm³/mol. The second-order valence-corrected chi connectivity index (χ2v) is 5.33. The molecule has 2 rings (SSSR count). The molecule has 0 saturated carbocycles. The molecule has 1 aliphatic rings. The van der Waals surface area contributed by atoms with Gasteiger partial charge in [0.15, 0.2) is 0 Å². The Labute approximate surface area is 101 Å². The molecule has 3 nitrogen and oxygen atoms in total. The molecule has 2 N–H and O–H groups in total. The molecular weight excluding hydrogens is 220 g/mol. The zero-order valence-corrected chi connectivity index (χ0v) is 10.4. The van der Waals surface area contributed by atoms with Gasteiger partial charge in [0.1, 0.15) is 5.03 Å². The molecule has 1 saturated heterocycles. The summed E-state index contributed by atoms with van der Waals surface area (Å²) in [5.41, 5.74) is 8.21. The Kier molecular flexibility index (Phi) is 4.21. The van der Waals surface area contributed by atoms with Crippen molar-refractivity contribution in [2.75, 3.05) is 13.2 Å². The molecular formula is C12H18N2OS. The van der Waals surface area contributed by atoms with Crippen LogP contribution in [0.1, 0.15) is 24.0 Å². The van der Waals surface area contributed by atoms with Crippen LogP contribution < -0.4 is 5.73 Å². The Hall–Kier alpha value is -0.580. The summed E-state index contributed by atoms with van der Waals surface area (Å²) in [5.74, 6) is 0. The van der Waals surface area contributed by atoms with Gasteiger partial charge in [-0.05, 0) is 31.4 Å². The number of aromatic nitrogens is 1. The summed E-state index contributed by atoms with van der Waals surface area (Å²) in [5, 5.41) is 1.74. The van der Waals surface area contributed by atoms with Crippen LogP contribution in [0.5, 0.6) is 0 Å². The Bertz CT molecular complexity index is 351. The lowest BCUT2D eigenvalue weighted by Gasteiger charge is -2.22. The number of hydrogen-bond acceptors (Lipinski definition) is 4. The molecule has 0 bridgehead atoms. The maximum atomic E-state index is 5.78. The van der Waals surface area contributed by atoms with Crippen LogP contribution in [-0.2, 0) is 11.3 Å². The van der Waals surface area contributed by atoms with E-state index >= 15 is 0 Å². The van der Waals surface area contributed by atoms with Crippen molar-refractivity contribution in [2.24, 2.45) is 5.73 Å². The van der Waals surface area contributed by atoms with Gasteiger partial charge in [-0.2, -0.15) is 0 Å². The molecule has 2 heterocycles. The molecule has 0 aliphatic carbocycles. The number of aryl methyl sites for hydroxylation is 1. The van der Waals surface area contributed by atoms with E-state index in [1.807, 2.05) is 24.0 Å². The summed E-state index contributed by atoms with van der Waals surface area (Å²) in [4.78, 5) is 4.45. The van der Waals surface area contributed by atoms with Crippen molar-refractivity contribution in [1.82, 2.24) is 4.98 Å². The van der Waals surface area contributed by atoms with E-state index in [9.17, 15) is 0 Å². The quantitative estimate of drug-likeness (QED) is 0.876. The van der Waals surface area contributed by atoms with E-state index in [1.165, 1.54) is 11.1 Å². The normalized spacial score (nSPS) is 17.6. The van der Waals surface area contributed by atoms with Crippen molar-refractivity contribution in [3.63, 3.8) is 0 Å². The first-order valence-electron chi connectivity index (χ1n) is 5.70. The smallest absolute Gasteiger partial charge is 0.101 e. The fourth-order valence-electron chi connectivity index (χ4n) is 1.87. The molecule has 0 unspecified atom stereocenters. The van der Waals surface area contributed by atoms with Crippen LogP contribution in [0.3, 0.4) is 0 Å². The van der Waals surface area contributed by atoms with Gasteiger partial charge >= 0.3 is 0 Å². The van der Waals surface area contributed by atoms with Gasteiger partial charge in [0.2, 0.25) is 0 Å². The minimum absolute atomic E-state index is 0.575. The first-order chi connectivity index (χ1) is 7.81. The van der Waals surface area contributed by atoms with Gasteiger partial charge < -0.3 is 10.5 Å². The summed E-state index contributed by atoms with van der Waals surface area (Å²) >= 11 is 1.86. The van der Waals surface area contributed by atoms with Crippen molar-refractivity contribution in [2.45, 2.75) is 36.6 Å². The van der Waals surface area contributed by atoms with Crippen molar-refractivity contribution < 1.29 is 4.74 Å². The fourth-order valence-corrected chi connectivity index (χ4v) is 3.12. The van der Waals surface area contributed by atoms with E-state index in [2.05, 4.69) is 11.9 Å². The molecule has 0 atom stereocenters. The third-order valence-electron chi connectivity index (χ3n) is 2.90. The highest BCUT2D eigenvalue weighted by molar-refractivity contribution is 7.99. The predicted octanol–water partition coefficient (Wildman–Crippen LogP) is 2.12. The highest BCUT2D eigenvalue weighted by atomic mass is 32.2. The van der Waals surface area contributed by atoms with Crippen LogP contribution in [0.15, 0.2) is 17.3 Å². The Morgan fingerprint density at radius 1 is 1.50 bits per heavy atom. The van der Waals surface area contributed by atoms with E-state index in [0.717, 1.165) is 31.1 Å². The van der Waals surface area contributed by atoms with E-state index < -0.39 is 0 Å². The number of ether oxygens (including phenoxy) is 1. The molecule has 0 aromatic carbocycles. The van der Waals surface area contributed by atoms with E-state index in [4.69, 9.17) is 10.5 Å². The van der Waals surface area contributed by atoms with E-state index in [0.29, 0.717) is 11.8 Å². The van der Waals surface area contributed by atoms with Crippen LogP contribution in [0, 0.1) is 6.92 Å². The molecule has 1 aliphatic heterocycles. The fraction of sp³-hybridized carbons (Fsp3) is 0.583. The summed E-state index contributed by atoms with van der Waals surface area (Å²) in [6.45, 7) is 4.42. The standard InChI is InChI=1S/C12H18N2OS/c1-9-2-5-14-12(11(9)8-13)16-10-3-6-15-7-4-10/h2,5,10H,3-4,6-8,13H2,1H3. The first kappa shape index (κ1) is 11.9. The van der Waals surface area contributed by atoms with Crippen molar-refractivity contribution in [3.05, 3.63) is 23.4 Å². The summed E-state index contributed by atoms with van der Waals surface area (Å²) in [6, 6.07) is 2.02. The zero-order chi connectivity index (χ0) is 11.4. The van der Waals surface area contributed by atoms with Crippen LogP contribution >= 0.6 is 11.8 Å². The number of nitrogens with two attached hydrogens (primary N) is 1. The van der Waals surface area contributed by atoms with Gasteiger partial charge in [0.05, 0.1) is 0 Å². The zero-order valence-electron chi connectivity index (χ0n) is 9.61. The molecule has 0 amide bonds. The lowest BCUT2D eigenvalue weighted by Crippen LogP contribution is -2.18. The van der Waals surface area contributed by atoms with Crippen molar-refractivity contribution in [1.29, 1.82) is 0 Å². The minimum atomic E-state index is 0.575. The maximum absolute atomic E-state index is 5.78. The lowest BCUT2D eigenvalue weighted by atomic mass is 10.2. The van der Waals surface area contributed by atoms with Gasteiger partial charge in [-0.15, -0.1) is 11.8 Å². The van der Waals surface area contributed by atoms with Gasteiger partial charge in [-0.1, -0.05) is 0 Å². The monoisotopic (exact) mass is 238 g/mol. The van der Waals surface area contributed by atoms with Gasteiger partial charge in [0.25, 0.3) is 0 Å². The molecule has 1 fully saturated rings. The van der Waals surface area contributed by atoms with Crippen LogP contribution in [0.2, 0.25) is 0 Å². The highest BCUT2D eigenvalue weighted by Gasteiger charge is 2.17. The Morgan fingerprint density at radius 3 is 2.94 bits per heavy atom. The number of rotatable bonds is 3. The molecule has 88 valence electrons. The second kappa shape index (κ2) is 5.66. The molecule has 0 radical (unpaired) electrons. The van der Waals surface area contributed by atoms with Crippen molar-refractivity contribution in [3.8, 4) is 0 Å². The molecule has 1 aromatic rings. The molecule has 16 heavy (non-hydrogen) atoms. The van der Waals surface area contributed by atoms with Crippen LogP contribution in [-0.4, -0.2) is 23.4 Å². The first-order valence-corrected chi connectivity index (χ1v) is 6.58. The molecule has 1 aromatic heterocycles. The third kappa shape index (κ3) is 2.75. The molecule has 4 heteroatoms. The van der Waals surface area contributed by atoms with Gasteiger partial charge in [-0.25, -0.2) is 4.98 Å². The third-order valence-corrected chi connectivity index (χ3v) is 4.28. The van der Waals surface area contributed by atoms with Crippen LogP contribution in [0.4, 0.5) is 0 Å². The van der Waals surface area contributed by atoms with Gasteiger partial charge in [-0.3, -0.25) is 0 Å². The maximum Gasteiger partial charge on any atom is 0.101 e. The Morgan fingerprint density at radius 2 is 2.25 bits per heavy atom. The number of nitrogens with zero attached hydrogens (tertiary/aromatic N) is 1. The lowest BCUT2D eigenvalue weighted by molar-refractivity contribution is 0.1000. The van der Waals surface area contributed by atoms with Crippen LogP contribution in [0.25, 0.3) is 0 Å². The largest absolute Gasteiger partial charge is 0.381 e. The highest BCUT2D eigenvalue weighted by Crippen LogP contribution is 2.31. The number of thioether (sulfide) groups is 1. The number of pyridine rings is 1.